The van der Waals surface area contributed by atoms with E-state index in [1.54, 1.807) is 6.07 Å². The lowest BCUT2D eigenvalue weighted by atomic mass is 10.2. The highest BCUT2D eigenvalue weighted by atomic mass is 16.5. The van der Waals surface area contributed by atoms with E-state index in [9.17, 15) is 4.79 Å². The van der Waals surface area contributed by atoms with Gasteiger partial charge < -0.3 is 9.84 Å². The second-order valence-electron chi connectivity index (χ2n) is 2.58. The molecule has 58 valence electrons. The van der Waals surface area contributed by atoms with Gasteiger partial charge in [0.1, 0.15) is 12.0 Å². The predicted octanol–water partition coefficient (Wildman–Crippen LogP) is 0.626. The molecule has 1 atom stereocenters. The third kappa shape index (κ3) is 1.11. The molecule has 1 aliphatic rings. The van der Waals surface area contributed by atoms with Gasteiger partial charge in [-0.2, -0.15) is 0 Å². The number of hydrogen-bond donors (Lipinski definition) is 1. The molecule has 1 aromatic rings. The minimum Gasteiger partial charge on any atom is -0.364 e. The zero-order valence-corrected chi connectivity index (χ0v) is 5.91. The van der Waals surface area contributed by atoms with Gasteiger partial charge in [-0.3, -0.25) is 4.79 Å². The van der Waals surface area contributed by atoms with Gasteiger partial charge in [0, 0.05) is 12.5 Å². The molecule has 0 saturated carbocycles. The average Bonchev–Trinajstić information content (AvgIpc) is 2.55. The van der Waals surface area contributed by atoms with E-state index in [0.29, 0.717) is 6.42 Å². The van der Waals surface area contributed by atoms with E-state index in [1.807, 2.05) is 0 Å². The molecular weight excluding hydrogens is 144 g/mol. The summed E-state index contributed by atoms with van der Waals surface area (Å²) in [5.41, 5.74) is 0.816. The van der Waals surface area contributed by atoms with Crippen molar-refractivity contribution in [1.82, 2.24) is 10.5 Å². The van der Waals surface area contributed by atoms with Crippen molar-refractivity contribution in [2.24, 2.45) is 0 Å². The largest absolute Gasteiger partial charge is 0.364 e. The average molecular weight is 152 g/mol. The lowest BCUT2D eigenvalue weighted by molar-refractivity contribution is -0.119. The zero-order chi connectivity index (χ0) is 7.68. The minimum absolute atomic E-state index is 0.0706. The van der Waals surface area contributed by atoms with E-state index in [2.05, 4.69) is 15.0 Å². The van der Waals surface area contributed by atoms with Gasteiger partial charge in [-0.15, -0.1) is 0 Å². The topological polar surface area (TPSA) is 55.1 Å². The Balaban J connectivity index is 2.13. The maximum atomic E-state index is 10.8. The lowest BCUT2D eigenvalue weighted by Gasteiger charge is -2.02. The number of carbonyl (C=O) groups is 1. The van der Waals surface area contributed by atoms with E-state index in [-0.39, 0.29) is 11.9 Å². The third-order valence-corrected chi connectivity index (χ3v) is 1.81. The molecule has 0 bridgehead atoms. The first-order valence-corrected chi connectivity index (χ1v) is 3.56. The Morgan fingerprint density at radius 1 is 1.73 bits per heavy atom. The fourth-order valence-corrected chi connectivity index (χ4v) is 1.24. The van der Waals surface area contributed by atoms with Crippen molar-refractivity contribution in [3.05, 3.63) is 18.0 Å². The lowest BCUT2D eigenvalue weighted by Crippen LogP contribution is -2.18. The van der Waals surface area contributed by atoms with Gasteiger partial charge in [-0.1, -0.05) is 5.16 Å². The number of nitrogens with zero attached hydrogens (tertiary/aromatic N) is 1. The molecular formula is C7H8N2O2. The second kappa shape index (κ2) is 2.38. The molecule has 1 unspecified atom stereocenters. The maximum Gasteiger partial charge on any atom is 0.220 e. The predicted molar refractivity (Wildman–Crippen MR) is 36.6 cm³/mol. The summed E-state index contributed by atoms with van der Waals surface area (Å²) in [7, 11) is 0. The van der Waals surface area contributed by atoms with Crippen LogP contribution in [-0.4, -0.2) is 11.1 Å². The van der Waals surface area contributed by atoms with Crippen LogP contribution < -0.4 is 5.32 Å². The molecule has 11 heavy (non-hydrogen) atoms. The summed E-state index contributed by atoms with van der Waals surface area (Å²) in [6.07, 6.45) is 2.93. The Labute approximate surface area is 63.6 Å². The summed E-state index contributed by atoms with van der Waals surface area (Å²) >= 11 is 0. The van der Waals surface area contributed by atoms with Crippen molar-refractivity contribution in [1.29, 1.82) is 0 Å². The van der Waals surface area contributed by atoms with Crippen LogP contribution in [0.2, 0.25) is 0 Å². The molecule has 1 saturated heterocycles. The van der Waals surface area contributed by atoms with Gasteiger partial charge in [0.05, 0.1) is 6.04 Å². The number of rotatable bonds is 1. The van der Waals surface area contributed by atoms with Crippen molar-refractivity contribution in [3.8, 4) is 0 Å². The summed E-state index contributed by atoms with van der Waals surface area (Å²) in [5.74, 6) is 0.0954. The van der Waals surface area contributed by atoms with Crippen molar-refractivity contribution in [3.63, 3.8) is 0 Å². The second-order valence-corrected chi connectivity index (χ2v) is 2.58. The Kier molecular flexibility index (Phi) is 1.38. The minimum atomic E-state index is 0.0706. The Hall–Kier alpha value is -1.32. The summed E-state index contributed by atoms with van der Waals surface area (Å²) in [6, 6.07) is 1.84. The summed E-state index contributed by atoms with van der Waals surface area (Å²) in [6.45, 7) is 0. The van der Waals surface area contributed by atoms with Crippen LogP contribution in [0.25, 0.3) is 0 Å². The normalized spacial score (nSPS) is 23.6. The smallest absolute Gasteiger partial charge is 0.220 e. The Morgan fingerprint density at radius 2 is 2.64 bits per heavy atom. The van der Waals surface area contributed by atoms with Crippen molar-refractivity contribution >= 4 is 5.91 Å². The molecule has 0 aromatic carbocycles. The van der Waals surface area contributed by atoms with Crippen molar-refractivity contribution in [2.45, 2.75) is 18.9 Å². The summed E-state index contributed by atoms with van der Waals surface area (Å²) in [5, 5.41) is 6.54. The van der Waals surface area contributed by atoms with Crippen LogP contribution in [0.5, 0.6) is 0 Å². The van der Waals surface area contributed by atoms with Gasteiger partial charge in [0.25, 0.3) is 0 Å². The van der Waals surface area contributed by atoms with E-state index in [0.717, 1.165) is 12.1 Å². The molecule has 4 nitrogen and oxygen atoms in total. The Bertz CT molecular complexity index is 255. The van der Waals surface area contributed by atoms with Gasteiger partial charge >= 0.3 is 0 Å². The molecule has 1 fully saturated rings. The van der Waals surface area contributed by atoms with Crippen LogP contribution in [0, 0.1) is 0 Å². The maximum absolute atomic E-state index is 10.8. The highest BCUT2D eigenvalue weighted by molar-refractivity contribution is 5.78. The van der Waals surface area contributed by atoms with E-state index < -0.39 is 0 Å². The molecule has 4 heteroatoms. The molecule has 1 aliphatic heterocycles. The van der Waals surface area contributed by atoms with E-state index in [1.165, 1.54) is 6.26 Å². The number of aromatic nitrogens is 1. The van der Waals surface area contributed by atoms with E-state index in [4.69, 9.17) is 0 Å². The van der Waals surface area contributed by atoms with Gasteiger partial charge in [-0.25, -0.2) is 0 Å². The molecule has 0 spiro atoms. The zero-order valence-electron chi connectivity index (χ0n) is 5.91. The SMILES string of the molecule is O=C1CCC(c2ccon2)N1. The molecule has 0 aliphatic carbocycles. The molecule has 1 aromatic heterocycles. The van der Waals surface area contributed by atoms with Crippen molar-refractivity contribution < 1.29 is 9.32 Å². The quantitative estimate of drug-likeness (QED) is 0.642. The molecule has 2 rings (SSSR count). The van der Waals surface area contributed by atoms with Gasteiger partial charge in [-0.05, 0) is 6.42 Å². The summed E-state index contributed by atoms with van der Waals surface area (Å²) in [4.78, 5) is 10.8. The van der Waals surface area contributed by atoms with Crippen LogP contribution in [0.1, 0.15) is 24.6 Å². The number of hydrogen-bond acceptors (Lipinski definition) is 3. The van der Waals surface area contributed by atoms with Crippen LogP contribution in [0.15, 0.2) is 16.9 Å². The van der Waals surface area contributed by atoms with Crippen LogP contribution in [-0.2, 0) is 4.79 Å². The first-order valence-electron chi connectivity index (χ1n) is 3.56. The highest BCUT2D eigenvalue weighted by Gasteiger charge is 2.23. The monoisotopic (exact) mass is 152 g/mol. The number of amides is 1. The number of carbonyl (C=O) groups excluding carboxylic acids is 1. The summed E-state index contributed by atoms with van der Waals surface area (Å²) < 4.78 is 4.66. The first kappa shape index (κ1) is 6.39. The van der Waals surface area contributed by atoms with Crippen LogP contribution in [0.3, 0.4) is 0 Å². The fraction of sp³-hybridized carbons (Fsp3) is 0.429. The number of nitrogens with one attached hydrogen (secondary N) is 1. The van der Waals surface area contributed by atoms with Crippen molar-refractivity contribution in [2.75, 3.05) is 0 Å². The molecule has 0 radical (unpaired) electrons. The molecule has 1 N–H and O–H groups in total. The highest BCUT2D eigenvalue weighted by Crippen LogP contribution is 2.21. The van der Waals surface area contributed by atoms with E-state index >= 15 is 0 Å². The Morgan fingerprint density at radius 3 is 3.18 bits per heavy atom. The van der Waals surface area contributed by atoms with Gasteiger partial charge in [0.15, 0.2) is 0 Å². The van der Waals surface area contributed by atoms with Gasteiger partial charge in [0.2, 0.25) is 5.91 Å². The first-order chi connectivity index (χ1) is 5.36. The molecule has 1 amide bonds. The van der Waals surface area contributed by atoms with Crippen LogP contribution in [0.4, 0.5) is 0 Å². The third-order valence-electron chi connectivity index (χ3n) is 1.81. The standard InChI is InChI=1S/C7H8N2O2/c10-7-2-1-5(8-7)6-3-4-11-9-6/h3-5H,1-2H2,(H,8,10). The van der Waals surface area contributed by atoms with Crippen LogP contribution >= 0.6 is 0 Å². The fourth-order valence-electron chi connectivity index (χ4n) is 1.24. The molecule has 2 heterocycles.